The van der Waals surface area contributed by atoms with Gasteiger partial charge in [0.1, 0.15) is 6.61 Å². The summed E-state index contributed by atoms with van der Waals surface area (Å²) in [5, 5.41) is 3.41. The average molecular weight is 354 g/mol. The zero-order chi connectivity index (χ0) is 18.3. The third-order valence-electron chi connectivity index (χ3n) is 4.44. The Hall–Kier alpha value is -2.73. The Morgan fingerprint density at radius 2 is 2.00 bits per heavy atom. The number of anilines is 1. The quantitative estimate of drug-likeness (QED) is 0.822. The van der Waals surface area contributed by atoms with Crippen LogP contribution in [0.3, 0.4) is 0 Å². The maximum absolute atomic E-state index is 12.8. The number of carbonyl (C=O) groups is 1. The molecule has 3 N–H and O–H groups in total. The van der Waals surface area contributed by atoms with Gasteiger partial charge in [-0.05, 0) is 38.0 Å². The molecule has 6 heteroatoms. The van der Waals surface area contributed by atoms with Crippen molar-refractivity contribution in [2.24, 2.45) is 5.73 Å². The van der Waals surface area contributed by atoms with Crippen molar-refractivity contribution >= 4 is 11.7 Å². The molecule has 136 valence electrons. The molecule has 2 aromatic carbocycles. The van der Waals surface area contributed by atoms with Crippen molar-refractivity contribution in [2.45, 2.75) is 25.8 Å². The molecule has 0 saturated heterocycles. The van der Waals surface area contributed by atoms with Crippen molar-refractivity contribution in [3.8, 4) is 22.6 Å². The molecular formula is C20H22N2O4. The van der Waals surface area contributed by atoms with Crippen molar-refractivity contribution in [3.05, 3.63) is 41.5 Å². The van der Waals surface area contributed by atoms with Crippen molar-refractivity contribution in [1.82, 2.24) is 0 Å². The molecule has 0 aliphatic carbocycles. The fourth-order valence-electron chi connectivity index (χ4n) is 3.23. The monoisotopic (exact) mass is 354 g/mol. The predicted molar refractivity (Wildman–Crippen MR) is 98.7 cm³/mol. The summed E-state index contributed by atoms with van der Waals surface area (Å²) >= 11 is 0. The van der Waals surface area contributed by atoms with E-state index < -0.39 is 11.5 Å². The van der Waals surface area contributed by atoms with Crippen LogP contribution in [0, 0.1) is 0 Å². The molecule has 26 heavy (non-hydrogen) atoms. The Morgan fingerprint density at radius 3 is 2.77 bits per heavy atom. The molecule has 2 aromatic rings. The second-order valence-electron chi connectivity index (χ2n) is 7.33. The molecule has 0 spiro atoms. The number of para-hydroxylation sites is 1. The maximum Gasteiger partial charge on any atom is 0.338 e. The van der Waals surface area contributed by atoms with E-state index in [4.69, 9.17) is 19.9 Å². The Kier molecular flexibility index (Phi) is 4.00. The van der Waals surface area contributed by atoms with Gasteiger partial charge in [-0.1, -0.05) is 18.2 Å². The van der Waals surface area contributed by atoms with Gasteiger partial charge in [0, 0.05) is 28.9 Å². The number of fused-ring (bicyclic) bond motifs is 2. The van der Waals surface area contributed by atoms with Crippen LogP contribution in [0.4, 0.5) is 5.69 Å². The van der Waals surface area contributed by atoms with E-state index in [0.717, 1.165) is 29.8 Å². The zero-order valence-corrected chi connectivity index (χ0v) is 14.9. The Labute approximate surface area is 152 Å². The molecule has 0 amide bonds. The van der Waals surface area contributed by atoms with Crippen molar-refractivity contribution < 1.29 is 19.0 Å². The van der Waals surface area contributed by atoms with Crippen LogP contribution >= 0.6 is 0 Å². The zero-order valence-electron chi connectivity index (χ0n) is 14.9. The standard InChI is InChI=1S/C20H22N2O4/c1-20(2,21)10-24-19(23)15-9-17-16(25-11-26-17)8-14(15)13-5-3-4-12-6-7-22-18(12)13/h3-5,8-9,22H,6-7,10-11,21H2,1-2H3. The van der Waals surface area contributed by atoms with Gasteiger partial charge in [-0.2, -0.15) is 0 Å². The lowest BCUT2D eigenvalue weighted by atomic mass is 9.95. The lowest BCUT2D eigenvalue weighted by molar-refractivity contribution is 0.0433. The summed E-state index contributed by atoms with van der Waals surface area (Å²) in [6, 6.07) is 9.64. The molecule has 2 heterocycles. The van der Waals surface area contributed by atoms with Gasteiger partial charge in [-0.25, -0.2) is 4.79 Å². The van der Waals surface area contributed by atoms with Crippen molar-refractivity contribution in [1.29, 1.82) is 0 Å². The van der Waals surface area contributed by atoms with E-state index in [-0.39, 0.29) is 13.4 Å². The summed E-state index contributed by atoms with van der Waals surface area (Å²) < 4.78 is 16.4. The van der Waals surface area contributed by atoms with Gasteiger partial charge in [0.15, 0.2) is 11.5 Å². The predicted octanol–water partition coefficient (Wildman–Crippen LogP) is 2.94. The largest absolute Gasteiger partial charge is 0.460 e. The Balaban J connectivity index is 1.79. The van der Waals surface area contributed by atoms with Crippen molar-refractivity contribution in [3.63, 3.8) is 0 Å². The van der Waals surface area contributed by atoms with Crippen LogP contribution < -0.4 is 20.5 Å². The Bertz CT molecular complexity index is 871. The van der Waals surface area contributed by atoms with E-state index >= 15 is 0 Å². The minimum atomic E-state index is -0.596. The van der Waals surface area contributed by atoms with Crippen LogP contribution in [0.25, 0.3) is 11.1 Å². The van der Waals surface area contributed by atoms with E-state index in [1.54, 1.807) is 6.07 Å². The number of hydrogen-bond acceptors (Lipinski definition) is 6. The summed E-state index contributed by atoms with van der Waals surface area (Å²) in [5.74, 6) is 0.756. The highest BCUT2D eigenvalue weighted by Crippen LogP contribution is 2.42. The number of nitrogens with two attached hydrogens (primary N) is 1. The number of esters is 1. The highest BCUT2D eigenvalue weighted by molar-refractivity contribution is 6.01. The van der Waals surface area contributed by atoms with Crippen molar-refractivity contribution in [2.75, 3.05) is 25.3 Å². The molecule has 2 aliphatic heterocycles. The second kappa shape index (κ2) is 6.21. The minimum absolute atomic E-state index is 0.130. The van der Waals surface area contributed by atoms with E-state index in [0.29, 0.717) is 17.1 Å². The van der Waals surface area contributed by atoms with Gasteiger partial charge in [-0.3, -0.25) is 0 Å². The van der Waals surface area contributed by atoms with Gasteiger partial charge in [0.05, 0.1) is 5.56 Å². The summed E-state index contributed by atoms with van der Waals surface area (Å²) in [6.07, 6.45) is 0.967. The first kappa shape index (κ1) is 16.7. The maximum atomic E-state index is 12.8. The van der Waals surface area contributed by atoms with E-state index in [1.807, 2.05) is 32.0 Å². The van der Waals surface area contributed by atoms with Crippen LogP contribution in [0.5, 0.6) is 11.5 Å². The van der Waals surface area contributed by atoms with E-state index in [2.05, 4.69) is 11.4 Å². The molecule has 0 bridgehead atoms. The summed E-state index contributed by atoms with van der Waals surface area (Å²) in [6.45, 7) is 4.79. The van der Waals surface area contributed by atoms with E-state index in [9.17, 15) is 4.79 Å². The molecule has 4 rings (SSSR count). The number of benzene rings is 2. The molecule has 0 fully saturated rings. The number of ether oxygens (including phenoxy) is 3. The molecule has 0 radical (unpaired) electrons. The normalized spacial score (nSPS) is 14.7. The number of carbonyl (C=O) groups excluding carboxylic acids is 1. The Morgan fingerprint density at radius 1 is 1.23 bits per heavy atom. The second-order valence-corrected chi connectivity index (χ2v) is 7.33. The van der Waals surface area contributed by atoms with Crippen LogP contribution in [0.1, 0.15) is 29.8 Å². The summed E-state index contributed by atoms with van der Waals surface area (Å²) in [5.41, 5.74) is 9.81. The molecule has 0 aromatic heterocycles. The average Bonchev–Trinajstić information content (AvgIpc) is 3.25. The first-order valence-electron chi connectivity index (χ1n) is 8.68. The first-order chi connectivity index (χ1) is 12.4. The fourth-order valence-corrected chi connectivity index (χ4v) is 3.23. The number of nitrogens with one attached hydrogen (secondary N) is 1. The minimum Gasteiger partial charge on any atom is -0.460 e. The lowest BCUT2D eigenvalue weighted by Gasteiger charge is -2.19. The van der Waals surface area contributed by atoms with Gasteiger partial charge in [-0.15, -0.1) is 0 Å². The molecule has 0 atom stereocenters. The van der Waals surface area contributed by atoms with Crippen LogP contribution in [0.15, 0.2) is 30.3 Å². The lowest BCUT2D eigenvalue weighted by Crippen LogP contribution is -2.38. The van der Waals surface area contributed by atoms with Gasteiger partial charge >= 0.3 is 5.97 Å². The molecule has 0 saturated carbocycles. The highest BCUT2D eigenvalue weighted by Gasteiger charge is 2.26. The number of hydrogen-bond donors (Lipinski definition) is 2. The van der Waals surface area contributed by atoms with Crippen LogP contribution in [0.2, 0.25) is 0 Å². The van der Waals surface area contributed by atoms with Gasteiger partial charge in [0.2, 0.25) is 6.79 Å². The summed E-state index contributed by atoms with van der Waals surface area (Å²) in [4.78, 5) is 12.8. The van der Waals surface area contributed by atoms with Gasteiger partial charge < -0.3 is 25.3 Å². The SMILES string of the molecule is CC(C)(N)COC(=O)c1cc2c(cc1-c1cccc3c1NCC3)OCO2. The third-order valence-corrected chi connectivity index (χ3v) is 4.44. The smallest absolute Gasteiger partial charge is 0.338 e. The molecular weight excluding hydrogens is 332 g/mol. The highest BCUT2D eigenvalue weighted by atomic mass is 16.7. The van der Waals surface area contributed by atoms with Gasteiger partial charge in [0.25, 0.3) is 0 Å². The molecule has 6 nitrogen and oxygen atoms in total. The molecule has 0 unspecified atom stereocenters. The first-order valence-corrected chi connectivity index (χ1v) is 8.68. The topological polar surface area (TPSA) is 82.8 Å². The van der Waals surface area contributed by atoms with Crippen LogP contribution in [-0.2, 0) is 11.2 Å². The van der Waals surface area contributed by atoms with E-state index in [1.165, 1.54) is 5.56 Å². The third kappa shape index (κ3) is 3.08. The fraction of sp³-hybridized carbons (Fsp3) is 0.350. The van der Waals surface area contributed by atoms with Crippen LogP contribution in [-0.4, -0.2) is 31.5 Å². The number of rotatable bonds is 4. The molecule has 2 aliphatic rings. The summed E-state index contributed by atoms with van der Waals surface area (Å²) in [7, 11) is 0.